The Labute approximate surface area is 192 Å². The van der Waals surface area contributed by atoms with Gasteiger partial charge in [0.05, 0.1) is 23.2 Å². The second-order valence-electron chi connectivity index (χ2n) is 8.87. The number of para-hydroxylation sites is 1. The van der Waals surface area contributed by atoms with Crippen LogP contribution >= 0.6 is 0 Å². The predicted molar refractivity (Wildman–Crippen MR) is 126 cm³/mol. The largest absolute Gasteiger partial charge is 0.486 e. The number of benzene rings is 2. The van der Waals surface area contributed by atoms with Crippen molar-refractivity contribution in [2.45, 2.75) is 31.4 Å². The molecule has 1 spiro atoms. The average Bonchev–Trinajstić information content (AvgIpc) is 2.84. The summed E-state index contributed by atoms with van der Waals surface area (Å²) in [5.41, 5.74) is 2.90. The van der Waals surface area contributed by atoms with Crippen LogP contribution in [-0.4, -0.2) is 51.9 Å². The maximum Gasteiger partial charge on any atom is 0.181 e. The van der Waals surface area contributed by atoms with E-state index in [0.29, 0.717) is 17.7 Å². The van der Waals surface area contributed by atoms with Crippen LogP contribution in [0.1, 0.15) is 40.9 Å². The summed E-state index contributed by atoms with van der Waals surface area (Å²) < 4.78 is 6.39. The molecule has 0 saturated carbocycles. The molecule has 5 rings (SSSR count). The fourth-order valence-corrected chi connectivity index (χ4v) is 4.68. The summed E-state index contributed by atoms with van der Waals surface area (Å²) >= 11 is 0. The molecule has 3 heterocycles. The number of carbonyl (C=O) groups is 2. The minimum atomic E-state index is -0.528. The summed E-state index contributed by atoms with van der Waals surface area (Å²) in [6.07, 6.45) is 4.87. The van der Waals surface area contributed by atoms with Gasteiger partial charge in [0.1, 0.15) is 18.0 Å². The Balaban J connectivity index is 1.25. The Morgan fingerprint density at radius 2 is 1.94 bits per heavy atom. The number of ether oxygens (including phenoxy) is 1. The molecule has 1 fully saturated rings. The monoisotopic (exact) mass is 442 g/mol. The van der Waals surface area contributed by atoms with E-state index in [1.54, 1.807) is 12.1 Å². The lowest BCUT2D eigenvalue weighted by molar-refractivity contribution is -0.117. The summed E-state index contributed by atoms with van der Waals surface area (Å²) in [4.78, 5) is 31.4. The molecule has 0 radical (unpaired) electrons. The van der Waals surface area contributed by atoms with Crippen molar-refractivity contribution >= 4 is 28.5 Å². The Hall–Kier alpha value is -3.35. The van der Waals surface area contributed by atoms with Gasteiger partial charge in [-0.3, -0.25) is 19.5 Å². The predicted octanol–water partition coefficient (Wildman–Crippen LogP) is 3.81. The molecular weight excluding hydrogens is 416 g/mol. The van der Waals surface area contributed by atoms with Crippen LogP contribution in [0.2, 0.25) is 0 Å². The molecule has 0 bridgehead atoms. The molecular formula is C27H26N2O4. The number of nitrogens with zero attached hydrogens (tertiary/aromatic N) is 2. The smallest absolute Gasteiger partial charge is 0.181 e. The molecule has 3 aromatic rings. The van der Waals surface area contributed by atoms with Gasteiger partial charge in [-0.1, -0.05) is 36.4 Å². The number of piperidine rings is 1. The van der Waals surface area contributed by atoms with Crippen molar-refractivity contribution in [1.82, 2.24) is 9.88 Å². The molecule has 168 valence electrons. The van der Waals surface area contributed by atoms with E-state index in [1.165, 1.54) is 6.08 Å². The lowest BCUT2D eigenvalue weighted by atomic mass is 9.82. The standard InChI is InChI=1S/C27H26N2O4/c30-18-22(31)9-5-19-6-10-26-23(15-19)25(32)16-27(33-26)11-13-29(14-12-27)17-21-8-7-20-3-1-2-4-24(20)28-21/h1-10,15,30H,11-14,16-18H2/b9-5+. The molecule has 6 nitrogen and oxygen atoms in total. The molecule has 0 atom stereocenters. The molecule has 2 aliphatic rings. The maximum absolute atomic E-state index is 13.0. The summed E-state index contributed by atoms with van der Waals surface area (Å²) in [5, 5.41) is 9.99. The molecule has 0 aliphatic carbocycles. The van der Waals surface area contributed by atoms with E-state index in [4.69, 9.17) is 14.8 Å². The molecule has 0 unspecified atom stereocenters. The van der Waals surface area contributed by atoms with Gasteiger partial charge in [0, 0.05) is 37.9 Å². The molecule has 0 amide bonds. The quantitative estimate of drug-likeness (QED) is 0.606. The van der Waals surface area contributed by atoms with Crippen molar-refractivity contribution in [1.29, 1.82) is 0 Å². The van der Waals surface area contributed by atoms with Gasteiger partial charge in [-0.15, -0.1) is 0 Å². The average molecular weight is 443 g/mol. The number of hydrogen-bond donors (Lipinski definition) is 1. The topological polar surface area (TPSA) is 79.7 Å². The normalized spacial score (nSPS) is 17.9. The number of aliphatic hydroxyl groups is 1. The highest BCUT2D eigenvalue weighted by Gasteiger charge is 2.42. The zero-order valence-electron chi connectivity index (χ0n) is 18.4. The van der Waals surface area contributed by atoms with Crippen molar-refractivity contribution in [2.75, 3.05) is 19.7 Å². The number of carbonyl (C=O) groups excluding carboxylic acids is 2. The fourth-order valence-electron chi connectivity index (χ4n) is 4.68. The third-order valence-electron chi connectivity index (χ3n) is 6.54. The van der Waals surface area contributed by atoms with Crippen LogP contribution in [0.15, 0.2) is 60.7 Å². The van der Waals surface area contributed by atoms with E-state index in [9.17, 15) is 9.59 Å². The van der Waals surface area contributed by atoms with E-state index in [0.717, 1.165) is 54.6 Å². The Kier molecular flexibility index (Phi) is 5.79. The highest BCUT2D eigenvalue weighted by molar-refractivity contribution is 6.01. The van der Waals surface area contributed by atoms with Gasteiger partial charge in [0.2, 0.25) is 0 Å². The minimum Gasteiger partial charge on any atom is -0.486 e. The maximum atomic E-state index is 13.0. The van der Waals surface area contributed by atoms with Crippen LogP contribution in [0.5, 0.6) is 5.75 Å². The third kappa shape index (κ3) is 4.58. The summed E-state index contributed by atoms with van der Waals surface area (Å²) in [6, 6.07) is 17.7. The number of ketones is 2. The second-order valence-corrected chi connectivity index (χ2v) is 8.87. The molecule has 33 heavy (non-hydrogen) atoms. The van der Waals surface area contributed by atoms with Crippen LogP contribution in [-0.2, 0) is 11.3 Å². The number of hydrogen-bond acceptors (Lipinski definition) is 6. The summed E-state index contributed by atoms with van der Waals surface area (Å²) in [7, 11) is 0. The lowest BCUT2D eigenvalue weighted by Crippen LogP contribution is -2.50. The van der Waals surface area contributed by atoms with Crippen LogP contribution in [0.3, 0.4) is 0 Å². The van der Waals surface area contributed by atoms with Crippen LogP contribution in [0, 0.1) is 0 Å². The number of likely N-dealkylation sites (tertiary alicyclic amines) is 1. The first kappa shape index (κ1) is 21.5. The Bertz CT molecular complexity index is 1240. The zero-order valence-corrected chi connectivity index (χ0v) is 18.4. The minimum absolute atomic E-state index is 0.0737. The zero-order chi connectivity index (χ0) is 22.8. The molecule has 1 saturated heterocycles. The van der Waals surface area contributed by atoms with Crippen LogP contribution in [0.4, 0.5) is 0 Å². The van der Waals surface area contributed by atoms with Gasteiger partial charge in [0.25, 0.3) is 0 Å². The van der Waals surface area contributed by atoms with Crippen LogP contribution < -0.4 is 4.74 Å². The molecule has 1 aromatic heterocycles. The first-order chi connectivity index (χ1) is 16.0. The Morgan fingerprint density at radius 1 is 1.12 bits per heavy atom. The summed E-state index contributed by atoms with van der Waals surface area (Å²) in [6.45, 7) is 1.95. The first-order valence-corrected chi connectivity index (χ1v) is 11.3. The van der Waals surface area contributed by atoms with Crippen molar-refractivity contribution in [3.8, 4) is 5.75 Å². The van der Waals surface area contributed by atoms with Gasteiger partial charge in [0.15, 0.2) is 11.6 Å². The highest BCUT2D eigenvalue weighted by atomic mass is 16.5. The van der Waals surface area contributed by atoms with Gasteiger partial charge in [-0.25, -0.2) is 0 Å². The van der Waals surface area contributed by atoms with Crippen molar-refractivity contribution in [2.24, 2.45) is 0 Å². The van der Waals surface area contributed by atoms with E-state index < -0.39 is 12.2 Å². The van der Waals surface area contributed by atoms with Crippen molar-refractivity contribution in [3.63, 3.8) is 0 Å². The molecule has 2 aromatic carbocycles. The molecule has 1 N–H and O–H groups in total. The summed E-state index contributed by atoms with van der Waals surface area (Å²) in [5.74, 6) is 0.311. The van der Waals surface area contributed by atoms with Crippen LogP contribution in [0.25, 0.3) is 17.0 Å². The first-order valence-electron chi connectivity index (χ1n) is 11.3. The van der Waals surface area contributed by atoms with E-state index in [2.05, 4.69) is 23.1 Å². The lowest BCUT2D eigenvalue weighted by Gasteiger charge is -2.44. The van der Waals surface area contributed by atoms with Gasteiger partial charge < -0.3 is 9.84 Å². The van der Waals surface area contributed by atoms with E-state index in [-0.39, 0.29) is 11.6 Å². The van der Waals surface area contributed by atoms with Crippen molar-refractivity contribution in [3.05, 3.63) is 77.5 Å². The molecule has 6 heteroatoms. The SMILES string of the molecule is O=C(/C=C/c1ccc2c(c1)C(=O)CC1(CCN(Cc3ccc4ccccc4n3)CC1)O2)CO. The number of fused-ring (bicyclic) bond motifs is 2. The highest BCUT2D eigenvalue weighted by Crippen LogP contribution is 2.40. The Morgan fingerprint density at radius 3 is 2.76 bits per heavy atom. The third-order valence-corrected chi connectivity index (χ3v) is 6.54. The van der Waals surface area contributed by atoms with Gasteiger partial charge in [-0.2, -0.15) is 0 Å². The number of aliphatic hydroxyl groups excluding tert-OH is 1. The van der Waals surface area contributed by atoms with Gasteiger partial charge >= 0.3 is 0 Å². The van der Waals surface area contributed by atoms with Gasteiger partial charge in [-0.05, 0) is 35.9 Å². The molecule has 2 aliphatic heterocycles. The number of aromatic nitrogens is 1. The van der Waals surface area contributed by atoms with E-state index in [1.807, 2.05) is 30.3 Å². The van der Waals surface area contributed by atoms with Crippen molar-refractivity contribution < 1.29 is 19.4 Å². The number of pyridine rings is 1. The fraction of sp³-hybridized carbons (Fsp3) is 0.296. The van der Waals surface area contributed by atoms with E-state index >= 15 is 0 Å². The number of rotatable bonds is 5. The number of Topliss-reactive ketones (excluding diaryl/α,β-unsaturated/α-hetero) is 1. The second kappa shape index (κ2) is 8.89.